The van der Waals surface area contributed by atoms with Crippen molar-refractivity contribution in [3.8, 4) is 0 Å². The molecule has 2 saturated heterocycles. The highest BCUT2D eigenvalue weighted by Gasteiger charge is 2.36. The van der Waals surface area contributed by atoms with Gasteiger partial charge in [-0.3, -0.25) is 4.90 Å². The molecule has 2 atom stereocenters. The lowest BCUT2D eigenvalue weighted by Crippen LogP contribution is -2.55. The van der Waals surface area contributed by atoms with Crippen LogP contribution in [0.2, 0.25) is 0 Å². The highest BCUT2D eigenvalue weighted by molar-refractivity contribution is 5.52. The van der Waals surface area contributed by atoms with Gasteiger partial charge in [0.15, 0.2) is 0 Å². The Labute approximate surface area is 117 Å². The lowest BCUT2D eigenvalue weighted by atomic mass is 10.1. The Morgan fingerprint density at radius 2 is 1.95 bits per heavy atom. The number of fused-ring (bicyclic) bond motifs is 1. The number of piperazine rings is 1. The Bertz CT molecular complexity index is 486. The van der Waals surface area contributed by atoms with Gasteiger partial charge in [-0.25, -0.2) is 8.78 Å². The summed E-state index contributed by atoms with van der Waals surface area (Å²) in [5.74, 6) is -1.15. The topological polar surface area (TPSA) is 26.7 Å². The zero-order valence-electron chi connectivity index (χ0n) is 11.6. The molecule has 0 saturated carbocycles. The van der Waals surface area contributed by atoms with Gasteiger partial charge in [-0.1, -0.05) is 0 Å². The summed E-state index contributed by atoms with van der Waals surface area (Å²) < 4.78 is 28.4. The largest absolute Gasteiger partial charge is 0.392 e. The lowest BCUT2D eigenvalue weighted by molar-refractivity contribution is 0.201. The van der Waals surface area contributed by atoms with E-state index >= 15 is 0 Å². The zero-order valence-corrected chi connectivity index (χ0v) is 11.6. The van der Waals surface area contributed by atoms with Gasteiger partial charge in [0, 0.05) is 25.2 Å². The van der Waals surface area contributed by atoms with E-state index in [9.17, 15) is 8.78 Å². The SMILES string of the molecule is CC1CN2CCCC2CN1c1c(F)cc(CO)cc1F. The van der Waals surface area contributed by atoms with E-state index in [1.165, 1.54) is 18.6 Å². The molecule has 0 amide bonds. The average Bonchev–Trinajstić information content (AvgIpc) is 2.85. The maximum absolute atomic E-state index is 14.2. The fourth-order valence-electron chi connectivity index (χ4n) is 3.48. The summed E-state index contributed by atoms with van der Waals surface area (Å²) in [5, 5.41) is 9.01. The first-order valence-electron chi connectivity index (χ1n) is 7.19. The van der Waals surface area contributed by atoms with Crippen molar-refractivity contribution in [2.24, 2.45) is 0 Å². The number of nitrogens with zero attached hydrogens (tertiary/aromatic N) is 2. The van der Waals surface area contributed by atoms with Crippen molar-refractivity contribution in [2.75, 3.05) is 24.5 Å². The molecule has 1 N–H and O–H groups in total. The highest BCUT2D eigenvalue weighted by atomic mass is 19.1. The Balaban J connectivity index is 1.92. The Kier molecular flexibility index (Phi) is 3.65. The van der Waals surface area contributed by atoms with Crippen LogP contribution in [0.3, 0.4) is 0 Å². The van der Waals surface area contributed by atoms with E-state index in [1.807, 2.05) is 11.8 Å². The highest BCUT2D eigenvalue weighted by Crippen LogP contribution is 2.32. The van der Waals surface area contributed by atoms with Gasteiger partial charge in [-0.15, -0.1) is 0 Å². The first-order chi connectivity index (χ1) is 9.60. The summed E-state index contributed by atoms with van der Waals surface area (Å²) in [6, 6.07) is 2.95. The van der Waals surface area contributed by atoms with E-state index < -0.39 is 11.6 Å². The molecular weight excluding hydrogens is 262 g/mol. The zero-order chi connectivity index (χ0) is 14.3. The van der Waals surface area contributed by atoms with Crippen LogP contribution in [0.25, 0.3) is 0 Å². The van der Waals surface area contributed by atoms with Gasteiger partial charge in [0.05, 0.1) is 6.61 Å². The van der Waals surface area contributed by atoms with Crippen molar-refractivity contribution >= 4 is 5.69 Å². The third-order valence-electron chi connectivity index (χ3n) is 4.48. The van der Waals surface area contributed by atoms with Crippen molar-refractivity contribution < 1.29 is 13.9 Å². The maximum Gasteiger partial charge on any atom is 0.149 e. The number of aliphatic hydroxyl groups is 1. The van der Waals surface area contributed by atoms with Crippen LogP contribution in [0.5, 0.6) is 0 Å². The van der Waals surface area contributed by atoms with Crippen LogP contribution in [-0.4, -0.2) is 41.7 Å². The summed E-state index contributed by atoms with van der Waals surface area (Å²) in [7, 11) is 0. The second-order valence-corrected chi connectivity index (χ2v) is 5.86. The van der Waals surface area contributed by atoms with Crippen molar-refractivity contribution in [3.05, 3.63) is 29.3 Å². The molecule has 110 valence electrons. The molecule has 2 heterocycles. The molecule has 1 aromatic rings. The molecule has 2 aliphatic heterocycles. The molecule has 2 unspecified atom stereocenters. The summed E-state index contributed by atoms with van der Waals surface area (Å²) in [5.41, 5.74) is 0.331. The van der Waals surface area contributed by atoms with E-state index in [-0.39, 0.29) is 23.9 Å². The van der Waals surface area contributed by atoms with Gasteiger partial charge in [0.2, 0.25) is 0 Å². The predicted molar refractivity (Wildman–Crippen MR) is 73.7 cm³/mol. The summed E-state index contributed by atoms with van der Waals surface area (Å²) >= 11 is 0. The average molecular weight is 282 g/mol. The molecule has 2 aliphatic rings. The summed E-state index contributed by atoms with van der Waals surface area (Å²) in [6.07, 6.45) is 2.26. The van der Waals surface area contributed by atoms with Crippen molar-refractivity contribution in [2.45, 2.75) is 38.5 Å². The third kappa shape index (κ3) is 2.29. The number of anilines is 1. The molecule has 3 rings (SSSR count). The summed E-state index contributed by atoms with van der Waals surface area (Å²) in [4.78, 5) is 4.26. The number of rotatable bonds is 2. The van der Waals surface area contributed by atoms with Gasteiger partial charge < -0.3 is 10.0 Å². The fraction of sp³-hybridized carbons (Fsp3) is 0.600. The number of benzene rings is 1. The van der Waals surface area contributed by atoms with Crippen LogP contribution < -0.4 is 4.90 Å². The third-order valence-corrected chi connectivity index (χ3v) is 4.48. The van der Waals surface area contributed by atoms with Crippen LogP contribution >= 0.6 is 0 Å². The predicted octanol–water partition coefficient (Wildman–Crippen LogP) is 2.13. The van der Waals surface area contributed by atoms with E-state index in [0.717, 1.165) is 19.5 Å². The monoisotopic (exact) mass is 282 g/mol. The minimum atomic E-state index is -0.577. The number of hydrogen-bond donors (Lipinski definition) is 1. The lowest BCUT2D eigenvalue weighted by Gasteiger charge is -2.43. The number of hydrogen-bond acceptors (Lipinski definition) is 3. The van der Waals surface area contributed by atoms with Crippen molar-refractivity contribution in [1.82, 2.24) is 4.90 Å². The van der Waals surface area contributed by atoms with Crippen LogP contribution in [-0.2, 0) is 6.61 Å². The molecule has 0 bridgehead atoms. The van der Waals surface area contributed by atoms with E-state index in [2.05, 4.69) is 4.90 Å². The van der Waals surface area contributed by atoms with Gasteiger partial charge >= 0.3 is 0 Å². The second-order valence-electron chi connectivity index (χ2n) is 5.86. The van der Waals surface area contributed by atoms with Crippen molar-refractivity contribution in [1.29, 1.82) is 0 Å². The molecule has 0 spiro atoms. The maximum atomic E-state index is 14.2. The van der Waals surface area contributed by atoms with Crippen molar-refractivity contribution in [3.63, 3.8) is 0 Å². The molecule has 0 aromatic heterocycles. The molecule has 0 radical (unpaired) electrons. The van der Waals surface area contributed by atoms with E-state index in [4.69, 9.17) is 5.11 Å². The van der Waals surface area contributed by atoms with Gasteiger partial charge in [-0.2, -0.15) is 0 Å². The normalized spacial score (nSPS) is 26.9. The first kappa shape index (κ1) is 13.8. The Morgan fingerprint density at radius 3 is 2.60 bits per heavy atom. The smallest absolute Gasteiger partial charge is 0.149 e. The summed E-state index contributed by atoms with van der Waals surface area (Å²) in [6.45, 7) is 4.28. The number of aliphatic hydroxyl groups excluding tert-OH is 1. The Hall–Kier alpha value is -1.20. The van der Waals surface area contributed by atoms with E-state index in [0.29, 0.717) is 12.6 Å². The minimum absolute atomic E-state index is 0.0567. The quantitative estimate of drug-likeness (QED) is 0.900. The Morgan fingerprint density at radius 1 is 1.25 bits per heavy atom. The van der Waals surface area contributed by atoms with Crippen LogP contribution in [0, 0.1) is 11.6 Å². The molecule has 1 aromatic carbocycles. The van der Waals surface area contributed by atoms with Gasteiger partial charge in [0.25, 0.3) is 0 Å². The molecule has 2 fully saturated rings. The second kappa shape index (κ2) is 5.30. The molecule has 5 heteroatoms. The van der Waals surface area contributed by atoms with Crippen LogP contribution in [0.4, 0.5) is 14.5 Å². The van der Waals surface area contributed by atoms with Gasteiger partial charge in [0.1, 0.15) is 17.3 Å². The van der Waals surface area contributed by atoms with Crippen LogP contribution in [0.15, 0.2) is 12.1 Å². The van der Waals surface area contributed by atoms with E-state index in [1.54, 1.807) is 0 Å². The minimum Gasteiger partial charge on any atom is -0.392 e. The molecular formula is C15H20F2N2O. The standard InChI is InChI=1S/C15H20F2N2O/c1-10-7-18-4-2-3-12(18)8-19(10)15-13(16)5-11(9-20)6-14(15)17/h5-6,10,12,20H,2-4,7-9H2,1H3. The molecule has 0 aliphatic carbocycles. The number of halogens is 2. The van der Waals surface area contributed by atoms with Crippen LogP contribution in [0.1, 0.15) is 25.3 Å². The molecule has 3 nitrogen and oxygen atoms in total. The fourth-order valence-corrected chi connectivity index (χ4v) is 3.48. The first-order valence-corrected chi connectivity index (χ1v) is 7.19. The molecule has 20 heavy (non-hydrogen) atoms. The van der Waals surface area contributed by atoms with Gasteiger partial charge in [-0.05, 0) is 44.0 Å².